The average molecular weight is 357 g/mol. The maximum Gasteiger partial charge on any atom is 0.137 e. The third-order valence-corrected chi connectivity index (χ3v) is 4.65. The van der Waals surface area contributed by atoms with Gasteiger partial charge >= 0.3 is 0 Å². The largest absolute Gasteiger partial charge is 0.485 e. The van der Waals surface area contributed by atoms with Crippen LogP contribution in [-0.4, -0.2) is 25.5 Å². The maximum atomic E-state index is 14.3. The van der Waals surface area contributed by atoms with Gasteiger partial charge < -0.3 is 9.84 Å². The second kappa shape index (κ2) is 6.49. The molecule has 26 heavy (non-hydrogen) atoms. The zero-order valence-electron chi connectivity index (χ0n) is 13.8. The Morgan fingerprint density at radius 1 is 1.12 bits per heavy atom. The molecule has 2 aromatic carbocycles. The Morgan fingerprint density at radius 2 is 1.88 bits per heavy atom. The molecule has 0 unspecified atom stereocenters. The maximum absolute atomic E-state index is 14.3. The Hall–Kier alpha value is -2.80. The van der Waals surface area contributed by atoms with Gasteiger partial charge in [0.25, 0.3) is 0 Å². The average Bonchev–Trinajstić information content (AvgIpc) is 3.17. The van der Waals surface area contributed by atoms with E-state index in [1.54, 1.807) is 0 Å². The fourth-order valence-corrected chi connectivity index (χ4v) is 3.25. The molecule has 1 aromatic heterocycles. The number of para-hydroxylation sites is 1. The zero-order chi connectivity index (χ0) is 18.1. The lowest BCUT2D eigenvalue weighted by Gasteiger charge is -2.32. The number of aliphatic hydroxyl groups excluding tert-OH is 1. The summed E-state index contributed by atoms with van der Waals surface area (Å²) in [7, 11) is 0. The first kappa shape index (κ1) is 16.7. The number of hydrogen-bond acceptors (Lipinski definition) is 4. The molecule has 2 atom stereocenters. The van der Waals surface area contributed by atoms with Crippen LogP contribution in [0.25, 0.3) is 0 Å². The molecule has 1 aliphatic rings. The minimum Gasteiger partial charge on any atom is -0.485 e. The van der Waals surface area contributed by atoms with Gasteiger partial charge in [-0.05, 0) is 31.0 Å². The first-order valence-corrected chi connectivity index (χ1v) is 8.30. The molecule has 7 heteroatoms. The molecular formula is C19H17F2N3O2. The second-order valence-corrected chi connectivity index (χ2v) is 6.41. The Labute approximate surface area is 148 Å². The summed E-state index contributed by atoms with van der Waals surface area (Å²) in [5.74, 6) is -0.850. The summed E-state index contributed by atoms with van der Waals surface area (Å²) in [6, 6.07) is 11.7. The molecule has 1 aliphatic carbocycles. The number of halogens is 2. The third kappa shape index (κ3) is 3.06. The lowest BCUT2D eigenvalue weighted by molar-refractivity contribution is 0.00881. The molecule has 1 fully saturated rings. The summed E-state index contributed by atoms with van der Waals surface area (Å²) in [5.41, 5.74) is -0.746. The molecular weight excluding hydrogens is 340 g/mol. The Bertz CT molecular complexity index is 883. The molecule has 0 radical (unpaired) electrons. The van der Waals surface area contributed by atoms with Gasteiger partial charge in [-0.3, -0.25) is 0 Å². The topological polar surface area (TPSA) is 60.2 Å². The summed E-state index contributed by atoms with van der Waals surface area (Å²) < 4.78 is 35.1. The van der Waals surface area contributed by atoms with Crippen LogP contribution in [-0.2, 0) is 0 Å². The van der Waals surface area contributed by atoms with Crippen molar-refractivity contribution in [3.05, 3.63) is 78.4 Å². The summed E-state index contributed by atoms with van der Waals surface area (Å²) in [6.45, 7) is 0. The van der Waals surface area contributed by atoms with E-state index in [-0.39, 0.29) is 5.56 Å². The van der Waals surface area contributed by atoms with Crippen LogP contribution in [0.1, 0.15) is 30.6 Å². The van der Waals surface area contributed by atoms with E-state index in [4.69, 9.17) is 4.74 Å². The highest BCUT2D eigenvalue weighted by atomic mass is 19.1. The number of ether oxygens (including phenoxy) is 1. The molecule has 1 heterocycles. The van der Waals surface area contributed by atoms with Gasteiger partial charge in [0.1, 0.15) is 47.8 Å². The van der Waals surface area contributed by atoms with E-state index < -0.39 is 29.4 Å². The molecule has 0 spiro atoms. The Kier molecular flexibility index (Phi) is 4.16. The van der Waals surface area contributed by atoms with Gasteiger partial charge in [0, 0.05) is 11.6 Å². The van der Waals surface area contributed by atoms with E-state index in [2.05, 4.69) is 10.1 Å². The van der Waals surface area contributed by atoms with Gasteiger partial charge in [-0.15, -0.1) is 0 Å². The smallest absolute Gasteiger partial charge is 0.137 e. The normalized spacial score (nSPS) is 17.5. The molecule has 1 saturated carbocycles. The first-order chi connectivity index (χ1) is 12.6. The minimum atomic E-state index is -1.27. The molecule has 0 aliphatic heterocycles. The van der Waals surface area contributed by atoms with Crippen LogP contribution < -0.4 is 4.74 Å². The van der Waals surface area contributed by atoms with Crippen molar-refractivity contribution in [3.8, 4) is 5.75 Å². The minimum absolute atomic E-state index is 0.00478. The number of benzene rings is 2. The molecule has 5 nitrogen and oxygen atoms in total. The van der Waals surface area contributed by atoms with Crippen LogP contribution in [0.15, 0.2) is 61.2 Å². The Morgan fingerprint density at radius 3 is 2.50 bits per heavy atom. The molecule has 0 amide bonds. The lowest BCUT2D eigenvalue weighted by Crippen LogP contribution is -2.37. The van der Waals surface area contributed by atoms with Crippen LogP contribution >= 0.6 is 0 Å². The number of rotatable bonds is 6. The van der Waals surface area contributed by atoms with Crippen LogP contribution in [0.5, 0.6) is 5.75 Å². The van der Waals surface area contributed by atoms with Crippen molar-refractivity contribution >= 4 is 0 Å². The summed E-state index contributed by atoms with van der Waals surface area (Å²) in [4.78, 5) is 3.94. The van der Waals surface area contributed by atoms with Crippen LogP contribution in [0.3, 0.4) is 0 Å². The summed E-state index contributed by atoms with van der Waals surface area (Å²) in [5, 5.41) is 15.1. The molecule has 3 aromatic rings. The van der Waals surface area contributed by atoms with Gasteiger partial charge in [0.05, 0.1) is 0 Å². The van der Waals surface area contributed by atoms with Crippen LogP contribution in [0, 0.1) is 11.6 Å². The van der Waals surface area contributed by atoms with E-state index in [0.29, 0.717) is 18.6 Å². The van der Waals surface area contributed by atoms with E-state index in [1.165, 1.54) is 23.4 Å². The second-order valence-electron chi connectivity index (χ2n) is 6.41. The van der Waals surface area contributed by atoms with Crippen molar-refractivity contribution in [2.45, 2.75) is 30.6 Å². The molecule has 0 saturated heterocycles. The quantitative estimate of drug-likeness (QED) is 0.734. The predicted octanol–water partition coefficient (Wildman–Crippen LogP) is 3.44. The van der Waals surface area contributed by atoms with Gasteiger partial charge in [0.2, 0.25) is 0 Å². The van der Waals surface area contributed by atoms with E-state index >= 15 is 0 Å². The van der Waals surface area contributed by atoms with Crippen LogP contribution in [0.2, 0.25) is 0 Å². The van der Waals surface area contributed by atoms with Crippen molar-refractivity contribution in [1.82, 2.24) is 14.8 Å². The number of hydrogen-bond donors (Lipinski definition) is 1. The number of aromatic nitrogens is 3. The third-order valence-electron chi connectivity index (χ3n) is 4.65. The fraction of sp³-hybridized carbons (Fsp3) is 0.263. The lowest BCUT2D eigenvalue weighted by atomic mass is 9.95. The van der Waals surface area contributed by atoms with Crippen LogP contribution in [0.4, 0.5) is 8.78 Å². The van der Waals surface area contributed by atoms with Crippen molar-refractivity contribution in [1.29, 1.82) is 0 Å². The highest BCUT2D eigenvalue weighted by Crippen LogP contribution is 2.53. The van der Waals surface area contributed by atoms with E-state index in [1.807, 2.05) is 30.3 Å². The highest BCUT2D eigenvalue weighted by molar-refractivity contribution is 5.27. The van der Waals surface area contributed by atoms with Crippen molar-refractivity contribution in [3.63, 3.8) is 0 Å². The fourth-order valence-electron chi connectivity index (χ4n) is 3.25. The van der Waals surface area contributed by atoms with E-state index in [9.17, 15) is 13.9 Å². The van der Waals surface area contributed by atoms with Crippen molar-refractivity contribution in [2.75, 3.05) is 0 Å². The van der Waals surface area contributed by atoms with Crippen molar-refractivity contribution < 1.29 is 18.6 Å². The van der Waals surface area contributed by atoms with Crippen molar-refractivity contribution in [2.24, 2.45) is 0 Å². The standard InChI is InChI=1S/C19H17F2N3O2/c20-13-6-7-15(16(21)10-13)17(25)18(24-12-22-11-23-24)19(8-9-19)26-14-4-2-1-3-5-14/h1-7,10-12,17-18,25H,8-9H2/t17-,18+/m1/s1. The number of aliphatic hydroxyl groups is 1. The molecule has 1 N–H and O–H groups in total. The molecule has 0 bridgehead atoms. The first-order valence-electron chi connectivity index (χ1n) is 8.30. The monoisotopic (exact) mass is 357 g/mol. The van der Waals surface area contributed by atoms with Gasteiger partial charge in [-0.2, -0.15) is 5.10 Å². The SMILES string of the molecule is O[C@H](c1ccc(F)cc1F)[C@H](n1cncn1)C1(Oc2ccccc2)CC1. The van der Waals surface area contributed by atoms with Gasteiger partial charge in [0.15, 0.2) is 0 Å². The predicted molar refractivity (Wildman–Crippen MR) is 89.4 cm³/mol. The highest BCUT2D eigenvalue weighted by Gasteiger charge is 2.57. The summed E-state index contributed by atoms with van der Waals surface area (Å²) >= 11 is 0. The van der Waals surface area contributed by atoms with Gasteiger partial charge in [-0.25, -0.2) is 18.4 Å². The summed E-state index contributed by atoms with van der Waals surface area (Å²) in [6.07, 6.45) is 2.88. The van der Waals surface area contributed by atoms with E-state index in [0.717, 1.165) is 12.1 Å². The molecule has 4 rings (SSSR count). The van der Waals surface area contributed by atoms with Gasteiger partial charge in [-0.1, -0.05) is 24.3 Å². The number of nitrogens with zero attached hydrogens (tertiary/aromatic N) is 3. The molecule has 134 valence electrons. The zero-order valence-corrected chi connectivity index (χ0v) is 13.8. The Balaban J connectivity index is 1.71.